The monoisotopic (exact) mass is 227 g/mol. The van der Waals surface area contributed by atoms with Gasteiger partial charge in [-0.05, 0) is 24.3 Å². The Balaban J connectivity index is 2.27. The molecule has 2 aromatic heterocycles. The predicted octanol–water partition coefficient (Wildman–Crippen LogP) is 1.08. The van der Waals surface area contributed by atoms with Crippen molar-refractivity contribution >= 4 is 11.3 Å². The second-order valence-electron chi connectivity index (χ2n) is 3.59. The van der Waals surface area contributed by atoms with Crippen LogP contribution in [0.1, 0.15) is 0 Å². The molecule has 0 saturated carbocycles. The molecule has 0 unspecified atom stereocenters. The maximum atomic E-state index is 9.83. The lowest BCUT2D eigenvalue weighted by Gasteiger charge is -2.02. The van der Waals surface area contributed by atoms with E-state index in [1.807, 2.05) is 0 Å². The highest BCUT2D eigenvalue weighted by Crippen LogP contribution is 2.29. The number of hydrogen-bond acceptors (Lipinski definition) is 5. The van der Waals surface area contributed by atoms with Gasteiger partial charge >= 0.3 is 0 Å². The molecule has 0 aliphatic carbocycles. The number of aromatic nitrogens is 4. The average molecular weight is 227 g/mol. The van der Waals surface area contributed by atoms with Crippen molar-refractivity contribution in [3.8, 4) is 17.1 Å². The highest BCUT2D eigenvalue weighted by atomic mass is 16.3. The van der Waals surface area contributed by atoms with Crippen molar-refractivity contribution in [1.82, 2.24) is 19.8 Å². The maximum absolute atomic E-state index is 9.83. The van der Waals surface area contributed by atoms with Gasteiger partial charge in [0.05, 0.1) is 5.56 Å². The van der Waals surface area contributed by atoms with Crippen LogP contribution in [0.3, 0.4) is 0 Å². The molecule has 0 saturated heterocycles. The van der Waals surface area contributed by atoms with Gasteiger partial charge in [-0.2, -0.15) is 9.61 Å². The van der Waals surface area contributed by atoms with Crippen LogP contribution in [0.25, 0.3) is 17.0 Å². The Morgan fingerprint density at radius 1 is 1.18 bits per heavy atom. The molecular formula is C11H9N5O. The van der Waals surface area contributed by atoms with Crippen LogP contribution in [0.15, 0.2) is 36.5 Å². The highest BCUT2D eigenvalue weighted by Gasteiger charge is 2.12. The van der Waals surface area contributed by atoms with Gasteiger partial charge in [0.15, 0.2) is 11.5 Å². The van der Waals surface area contributed by atoms with Crippen LogP contribution >= 0.6 is 0 Å². The minimum atomic E-state index is 0.0601. The number of anilines is 1. The molecule has 0 aliphatic rings. The second kappa shape index (κ2) is 3.44. The molecule has 6 nitrogen and oxygen atoms in total. The molecule has 0 atom stereocenters. The van der Waals surface area contributed by atoms with Gasteiger partial charge in [0.2, 0.25) is 0 Å². The molecular weight excluding hydrogens is 218 g/mol. The first-order valence-corrected chi connectivity index (χ1v) is 5.01. The fourth-order valence-corrected chi connectivity index (χ4v) is 1.65. The van der Waals surface area contributed by atoms with Crippen LogP contribution < -0.4 is 5.73 Å². The smallest absolute Gasteiger partial charge is 0.189 e. The minimum Gasteiger partial charge on any atom is -0.507 e. The van der Waals surface area contributed by atoms with Gasteiger partial charge < -0.3 is 10.8 Å². The summed E-state index contributed by atoms with van der Waals surface area (Å²) in [4.78, 5) is 0. The van der Waals surface area contributed by atoms with Gasteiger partial charge in [-0.1, -0.05) is 0 Å². The zero-order chi connectivity index (χ0) is 11.8. The quantitative estimate of drug-likeness (QED) is 0.607. The SMILES string of the molecule is Nc1ccc(-c2nnc3cccnn23)c(O)c1. The summed E-state index contributed by atoms with van der Waals surface area (Å²) in [5.74, 6) is 0.544. The van der Waals surface area contributed by atoms with Gasteiger partial charge in [0, 0.05) is 18.0 Å². The molecule has 84 valence electrons. The molecule has 2 heterocycles. The van der Waals surface area contributed by atoms with E-state index in [2.05, 4.69) is 15.3 Å². The first-order valence-electron chi connectivity index (χ1n) is 5.01. The van der Waals surface area contributed by atoms with Crippen LogP contribution in [0.2, 0.25) is 0 Å². The fraction of sp³-hybridized carbons (Fsp3) is 0. The number of phenols is 1. The lowest BCUT2D eigenvalue weighted by atomic mass is 10.1. The zero-order valence-corrected chi connectivity index (χ0v) is 8.78. The lowest BCUT2D eigenvalue weighted by Crippen LogP contribution is -1.94. The summed E-state index contributed by atoms with van der Waals surface area (Å²) >= 11 is 0. The third kappa shape index (κ3) is 1.46. The van der Waals surface area contributed by atoms with Gasteiger partial charge in [-0.15, -0.1) is 10.2 Å². The van der Waals surface area contributed by atoms with Crippen molar-refractivity contribution in [2.75, 3.05) is 5.73 Å². The molecule has 0 amide bonds. The molecule has 3 rings (SSSR count). The number of aromatic hydroxyl groups is 1. The van der Waals surface area contributed by atoms with E-state index in [1.54, 1.807) is 35.0 Å². The molecule has 17 heavy (non-hydrogen) atoms. The summed E-state index contributed by atoms with van der Waals surface area (Å²) < 4.78 is 1.56. The minimum absolute atomic E-state index is 0.0601. The first kappa shape index (κ1) is 9.59. The van der Waals surface area contributed by atoms with Crippen LogP contribution in [0.5, 0.6) is 5.75 Å². The molecule has 0 aliphatic heterocycles. The number of fused-ring (bicyclic) bond motifs is 1. The molecule has 3 aromatic rings. The lowest BCUT2D eigenvalue weighted by molar-refractivity contribution is 0.477. The summed E-state index contributed by atoms with van der Waals surface area (Å²) in [7, 11) is 0. The van der Waals surface area contributed by atoms with Gasteiger partial charge in [0.1, 0.15) is 5.75 Å². The van der Waals surface area contributed by atoms with E-state index in [0.717, 1.165) is 0 Å². The standard InChI is InChI=1S/C11H9N5O/c12-7-3-4-8(9(17)6-7)11-15-14-10-2-1-5-13-16(10)11/h1-6,17H,12H2. The fourth-order valence-electron chi connectivity index (χ4n) is 1.65. The first-order chi connectivity index (χ1) is 8.25. The van der Waals surface area contributed by atoms with E-state index in [0.29, 0.717) is 22.7 Å². The van der Waals surface area contributed by atoms with Crippen LogP contribution in [0, 0.1) is 0 Å². The number of rotatable bonds is 1. The Morgan fingerprint density at radius 3 is 2.88 bits per heavy atom. The average Bonchev–Trinajstić information content (AvgIpc) is 2.73. The largest absolute Gasteiger partial charge is 0.507 e. The molecule has 3 N–H and O–H groups in total. The van der Waals surface area contributed by atoms with Crippen LogP contribution in [-0.4, -0.2) is 24.9 Å². The van der Waals surface area contributed by atoms with E-state index < -0.39 is 0 Å². The van der Waals surface area contributed by atoms with Gasteiger partial charge in [-0.3, -0.25) is 0 Å². The van der Waals surface area contributed by atoms with Crippen molar-refractivity contribution in [1.29, 1.82) is 0 Å². The third-order valence-corrected chi connectivity index (χ3v) is 2.44. The summed E-state index contributed by atoms with van der Waals surface area (Å²) in [6.45, 7) is 0. The number of benzene rings is 1. The number of nitrogens with two attached hydrogens (primary N) is 1. The number of nitrogens with zero attached hydrogens (tertiary/aromatic N) is 4. The molecule has 0 radical (unpaired) electrons. The van der Waals surface area contributed by atoms with Crippen molar-refractivity contribution < 1.29 is 5.11 Å². The normalized spacial score (nSPS) is 10.8. The summed E-state index contributed by atoms with van der Waals surface area (Å²) in [6, 6.07) is 8.42. The van der Waals surface area contributed by atoms with Gasteiger partial charge in [0.25, 0.3) is 0 Å². The van der Waals surface area contributed by atoms with Crippen LogP contribution in [-0.2, 0) is 0 Å². The molecule has 0 spiro atoms. The summed E-state index contributed by atoms with van der Waals surface area (Å²) in [5, 5.41) is 21.9. The van der Waals surface area contributed by atoms with Crippen molar-refractivity contribution in [2.45, 2.75) is 0 Å². The molecule has 0 fully saturated rings. The summed E-state index contributed by atoms with van der Waals surface area (Å²) in [5.41, 5.74) is 7.24. The maximum Gasteiger partial charge on any atom is 0.189 e. The van der Waals surface area contributed by atoms with E-state index in [1.165, 1.54) is 6.07 Å². The number of hydrogen-bond donors (Lipinski definition) is 2. The molecule has 6 heteroatoms. The highest BCUT2D eigenvalue weighted by molar-refractivity contribution is 5.68. The van der Waals surface area contributed by atoms with E-state index >= 15 is 0 Å². The Morgan fingerprint density at radius 2 is 2.06 bits per heavy atom. The number of nitrogen functional groups attached to an aromatic ring is 1. The Hall–Kier alpha value is -2.63. The van der Waals surface area contributed by atoms with Gasteiger partial charge in [-0.25, -0.2) is 0 Å². The topological polar surface area (TPSA) is 89.3 Å². The zero-order valence-electron chi connectivity index (χ0n) is 8.78. The summed E-state index contributed by atoms with van der Waals surface area (Å²) in [6.07, 6.45) is 1.63. The Kier molecular flexibility index (Phi) is 1.94. The second-order valence-corrected chi connectivity index (χ2v) is 3.59. The molecule has 1 aromatic carbocycles. The van der Waals surface area contributed by atoms with E-state index in [4.69, 9.17) is 5.73 Å². The Bertz CT molecular complexity index is 691. The number of phenolic OH excluding ortho intramolecular Hbond substituents is 1. The van der Waals surface area contributed by atoms with E-state index in [-0.39, 0.29) is 5.75 Å². The van der Waals surface area contributed by atoms with E-state index in [9.17, 15) is 5.11 Å². The van der Waals surface area contributed by atoms with Crippen molar-refractivity contribution in [2.24, 2.45) is 0 Å². The van der Waals surface area contributed by atoms with Crippen molar-refractivity contribution in [3.63, 3.8) is 0 Å². The third-order valence-electron chi connectivity index (χ3n) is 2.44. The predicted molar refractivity (Wildman–Crippen MR) is 62.3 cm³/mol. The Labute approximate surface area is 96.3 Å². The van der Waals surface area contributed by atoms with Crippen LogP contribution in [0.4, 0.5) is 5.69 Å². The molecule has 0 bridgehead atoms. The van der Waals surface area contributed by atoms with Crippen molar-refractivity contribution in [3.05, 3.63) is 36.5 Å².